The third-order valence-corrected chi connectivity index (χ3v) is 3.89. The Bertz CT molecular complexity index is 666. The molecule has 0 spiro atoms. The zero-order valence-corrected chi connectivity index (χ0v) is 13.9. The van der Waals surface area contributed by atoms with Gasteiger partial charge < -0.3 is 4.90 Å². The molecule has 107 valence electrons. The molecular weight excluding hydrogens is 297 g/mol. The molecule has 1 aliphatic heterocycles. The van der Waals surface area contributed by atoms with Crippen molar-refractivity contribution in [2.75, 3.05) is 11.9 Å². The predicted molar refractivity (Wildman–Crippen MR) is 81.9 cm³/mol. The first-order chi connectivity index (χ1) is 9.61. The van der Waals surface area contributed by atoms with Crippen LogP contribution in [0.2, 0.25) is 0 Å². The van der Waals surface area contributed by atoms with E-state index >= 15 is 0 Å². The van der Waals surface area contributed by atoms with Crippen molar-refractivity contribution in [2.45, 2.75) is 13.8 Å². The molecule has 3 heteroatoms. The van der Waals surface area contributed by atoms with E-state index < -0.39 is 0 Å². The molecule has 0 unspecified atom stereocenters. The second-order valence-electron chi connectivity index (χ2n) is 5.50. The van der Waals surface area contributed by atoms with Gasteiger partial charge in [0.05, 0.1) is 0 Å². The summed E-state index contributed by atoms with van der Waals surface area (Å²) in [5.74, 6) is 1.66. The van der Waals surface area contributed by atoms with Gasteiger partial charge in [0.25, 0.3) is 0 Å². The number of hydrogen-bond acceptors (Lipinski definition) is 1. The molecule has 0 bridgehead atoms. The standard InChI is InChI=1S/C18H18NO.V/c1-12(2)17-13-8-4-5-9-14(13)18(20)19(3)16-11-7-6-10-15(16)17;/h4-12H,1-3H3;/q-1;. The van der Waals surface area contributed by atoms with Crippen LogP contribution in [0.1, 0.15) is 35.3 Å². The van der Waals surface area contributed by atoms with Gasteiger partial charge in [-0.05, 0) is 17.2 Å². The number of para-hydroxylation sites is 1. The molecule has 0 saturated carbocycles. The van der Waals surface area contributed by atoms with Crippen LogP contribution in [0.25, 0.3) is 0 Å². The van der Waals surface area contributed by atoms with E-state index in [-0.39, 0.29) is 24.5 Å². The summed E-state index contributed by atoms with van der Waals surface area (Å²) in [7, 11) is 1.85. The summed E-state index contributed by atoms with van der Waals surface area (Å²) in [6, 6.07) is 16.0. The van der Waals surface area contributed by atoms with Gasteiger partial charge in [0.1, 0.15) is 0 Å². The van der Waals surface area contributed by atoms with Gasteiger partial charge in [0, 0.05) is 25.6 Å². The zero-order valence-electron chi connectivity index (χ0n) is 12.5. The Morgan fingerprint density at radius 1 is 0.952 bits per heavy atom. The molecule has 0 N–H and O–H groups in total. The Morgan fingerprint density at radius 2 is 1.52 bits per heavy atom. The van der Waals surface area contributed by atoms with E-state index in [1.165, 1.54) is 5.92 Å². The largest absolute Gasteiger partial charge is 0.349 e. The molecule has 2 aromatic rings. The molecule has 0 atom stereocenters. The van der Waals surface area contributed by atoms with Gasteiger partial charge in [-0.15, -0.1) is 23.6 Å². The van der Waals surface area contributed by atoms with E-state index in [0.29, 0.717) is 5.92 Å². The minimum absolute atomic E-state index is 0. The van der Waals surface area contributed by atoms with E-state index in [9.17, 15) is 4.79 Å². The van der Waals surface area contributed by atoms with Gasteiger partial charge in [-0.1, -0.05) is 55.8 Å². The van der Waals surface area contributed by atoms with Crippen molar-refractivity contribution in [2.24, 2.45) is 5.92 Å². The molecule has 0 aromatic heterocycles. The normalized spacial score (nSPS) is 13.4. The second-order valence-corrected chi connectivity index (χ2v) is 5.50. The van der Waals surface area contributed by atoms with Crippen LogP contribution in [0.5, 0.6) is 0 Å². The molecule has 21 heavy (non-hydrogen) atoms. The summed E-state index contributed by atoms with van der Waals surface area (Å²) < 4.78 is 0. The molecule has 0 saturated heterocycles. The predicted octanol–water partition coefficient (Wildman–Crippen LogP) is 3.90. The quantitative estimate of drug-likeness (QED) is 0.731. The van der Waals surface area contributed by atoms with Crippen LogP contribution in [-0.2, 0) is 18.6 Å². The first-order valence-corrected chi connectivity index (χ1v) is 6.95. The zero-order chi connectivity index (χ0) is 14.3. The Kier molecular flexibility index (Phi) is 4.50. The second kappa shape index (κ2) is 6.01. The number of nitrogens with zero attached hydrogens (tertiary/aromatic N) is 1. The fourth-order valence-corrected chi connectivity index (χ4v) is 2.96. The number of amides is 1. The number of carbonyl (C=O) groups excluding carboxylic acids is 1. The molecule has 0 aliphatic carbocycles. The molecular formula is C18H18NOV-. The molecule has 1 amide bonds. The van der Waals surface area contributed by atoms with Crippen LogP contribution in [0.15, 0.2) is 48.5 Å². The summed E-state index contributed by atoms with van der Waals surface area (Å²) >= 11 is 0. The van der Waals surface area contributed by atoms with Crippen LogP contribution in [0.4, 0.5) is 5.69 Å². The van der Waals surface area contributed by atoms with E-state index in [1.807, 2.05) is 43.4 Å². The van der Waals surface area contributed by atoms with Crippen molar-refractivity contribution in [1.29, 1.82) is 0 Å². The van der Waals surface area contributed by atoms with Gasteiger partial charge in [0.2, 0.25) is 5.91 Å². The van der Waals surface area contributed by atoms with Gasteiger partial charge in [0.15, 0.2) is 0 Å². The van der Waals surface area contributed by atoms with Crippen LogP contribution in [0.3, 0.4) is 0 Å². The fraction of sp³-hybridized carbons (Fsp3) is 0.222. The minimum Gasteiger partial charge on any atom is -0.349 e. The van der Waals surface area contributed by atoms with E-state index in [1.54, 1.807) is 4.90 Å². The number of hydrogen-bond donors (Lipinski definition) is 0. The molecule has 2 aromatic carbocycles. The van der Waals surface area contributed by atoms with Gasteiger partial charge in [-0.25, -0.2) is 0 Å². The molecule has 2 nitrogen and oxygen atoms in total. The van der Waals surface area contributed by atoms with Crippen molar-refractivity contribution >= 4 is 11.6 Å². The number of fused-ring (bicyclic) bond motifs is 2. The maximum Gasteiger partial charge on any atom is 0.218 e. The minimum atomic E-state index is 0. The molecule has 3 rings (SSSR count). The monoisotopic (exact) mass is 315 g/mol. The van der Waals surface area contributed by atoms with Gasteiger partial charge in [-0.3, -0.25) is 4.79 Å². The summed E-state index contributed by atoms with van der Waals surface area (Å²) in [6.07, 6.45) is 0. The Balaban J connectivity index is 0.00000161. The fourth-order valence-electron chi connectivity index (χ4n) is 2.96. The Hall–Kier alpha value is -1.64. The van der Waals surface area contributed by atoms with E-state index in [0.717, 1.165) is 22.4 Å². The SMILES string of the molecule is CC(C)[C-]1c2ccccc2C(=O)N(C)c2ccccc21.[V]. The first kappa shape index (κ1) is 15.7. The summed E-state index contributed by atoms with van der Waals surface area (Å²) in [4.78, 5) is 14.4. The number of anilines is 1. The maximum atomic E-state index is 12.7. The molecule has 0 fully saturated rings. The summed E-state index contributed by atoms with van der Waals surface area (Å²) in [5, 5.41) is 0. The average molecular weight is 315 g/mol. The van der Waals surface area contributed by atoms with Gasteiger partial charge in [-0.2, -0.15) is 0 Å². The third kappa shape index (κ3) is 2.50. The molecule has 1 radical (unpaired) electrons. The number of rotatable bonds is 1. The van der Waals surface area contributed by atoms with Crippen molar-refractivity contribution < 1.29 is 23.4 Å². The maximum absolute atomic E-state index is 12.7. The van der Waals surface area contributed by atoms with Gasteiger partial charge >= 0.3 is 0 Å². The third-order valence-electron chi connectivity index (χ3n) is 3.89. The smallest absolute Gasteiger partial charge is 0.218 e. The van der Waals surface area contributed by atoms with E-state index in [4.69, 9.17) is 0 Å². The van der Waals surface area contributed by atoms with Crippen LogP contribution in [0, 0.1) is 11.8 Å². The number of carbonyl (C=O) groups is 1. The molecule has 1 aliphatic rings. The number of benzene rings is 2. The van der Waals surface area contributed by atoms with Crippen LogP contribution >= 0.6 is 0 Å². The summed E-state index contributed by atoms with van der Waals surface area (Å²) in [6.45, 7) is 4.36. The first-order valence-electron chi connectivity index (χ1n) is 6.95. The topological polar surface area (TPSA) is 20.3 Å². The van der Waals surface area contributed by atoms with E-state index in [2.05, 4.69) is 26.0 Å². The summed E-state index contributed by atoms with van der Waals surface area (Å²) in [5.41, 5.74) is 3.99. The Labute approximate surface area is 138 Å². The van der Waals surface area contributed by atoms with Crippen LogP contribution in [-0.4, -0.2) is 13.0 Å². The van der Waals surface area contributed by atoms with Crippen molar-refractivity contribution in [3.05, 3.63) is 71.1 Å². The molecule has 1 heterocycles. The van der Waals surface area contributed by atoms with Crippen molar-refractivity contribution in [3.8, 4) is 0 Å². The van der Waals surface area contributed by atoms with Crippen molar-refractivity contribution in [1.82, 2.24) is 0 Å². The van der Waals surface area contributed by atoms with Crippen molar-refractivity contribution in [3.63, 3.8) is 0 Å². The average Bonchev–Trinajstić information content (AvgIpc) is 2.55. The Morgan fingerprint density at radius 3 is 2.19 bits per heavy atom. The van der Waals surface area contributed by atoms with Crippen LogP contribution < -0.4 is 4.90 Å².